The Labute approximate surface area is 162 Å². The first kappa shape index (κ1) is 18.2. The van der Waals surface area contributed by atoms with Crippen molar-refractivity contribution in [3.8, 4) is 0 Å². The van der Waals surface area contributed by atoms with Crippen LogP contribution >= 0.6 is 11.8 Å². The van der Waals surface area contributed by atoms with E-state index in [4.69, 9.17) is 9.73 Å². The highest BCUT2D eigenvalue weighted by atomic mass is 32.2. The summed E-state index contributed by atoms with van der Waals surface area (Å²) in [6, 6.07) is 15.8. The fraction of sp³-hybridized carbons (Fsp3) is 0.333. The largest absolute Gasteiger partial charge is 0.378 e. The van der Waals surface area contributed by atoms with E-state index < -0.39 is 5.54 Å². The van der Waals surface area contributed by atoms with E-state index in [0.717, 1.165) is 0 Å². The smallest absolute Gasteiger partial charge is 0.257 e. The minimum Gasteiger partial charge on any atom is -0.378 e. The van der Waals surface area contributed by atoms with Gasteiger partial charge < -0.3 is 10.1 Å². The molecule has 1 N–H and O–H groups in total. The van der Waals surface area contributed by atoms with Crippen LogP contribution in [0, 0.1) is 11.7 Å². The number of benzene rings is 2. The van der Waals surface area contributed by atoms with Gasteiger partial charge in [-0.1, -0.05) is 48.2 Å². The summed E-state index contributed by atoms with van der Waals surface area (Å²) in [5.74, 6) is 0.291. The Morgan fingerprint density at radius 3 is 2.74 bits per heavy atom. The van der Waals surface area contributed by atoms with Crippen LogP contribution in [0.3, 0.4) is 0 Å². The van der Waals surface area contributed by atoms with Crippen molar-refractivity contribution < 1.29 is 13.9 Å². The highest BCUT2D eigenvalue weighted by molar-refractivity contribution is 8.13. The second kappa shape index (κ2) is 7.44. The van der Waals surface area contributed by atoms with Crippen LogP contribution in [0.1, 0.15) is 29.3 Å². The maximum atomic E-state index is 14.7. The molecule has 1 saturated heterocycles. The van der Waals surface area contributed by atoms with Gasteiger partial charge >= 0.3 is 0 Å². The highest BCUT2D eigenvalue weighted by Crippen LogP contribution is 2.48. The summed E-state index contributed by atoms with van der Waals surface area (Å²) in [4.78, 5) is 17.5. The van der Waals surface area contributed by atoms with Crippen LogP contribution in [0.2, 0.25) is 0 Å². The van der Waals surface area contributed by atoms with Crippen molar-refractivity contribution >= 4 is 22.8 Å². The second-order valence-corrected chi connectivity index (χ2v) is 7.89. The lowest BCUT2D eigenvalue weighted by atomic mass is 9.73. The van der Waals surface area contributed by atoms with E-state index in [9.17, 15) is 9.18 Å². The molecule has 2 aliphatic rings. The average Bonchev–Trinajstić information content (AvgIpc) is 2.69. The summed E-state index contributed by atoms with van der Waals surface area (Å²) < 4.78 is 20.5. The average molecular weight is 384 g/mol. The molecule has 0 spiro atoms. The van der Waals surface area contributed by atoms with Gasteiger partial charge in [0.05, 0.1) is 11.6 Å². The molecule has 0 aliphatic carbocycles. The molecule has 0 bridgehead atoms. The van der Waals surface area contributed by atoms with Gasteiger partial charge in [-0.25, -0.2) is 4.39 Å². The maximum absolute atomic E-state index is 14.7. The van der Waals surface area contributed by atoms with E-state index in [1.54, 1.807) is 24.3 Å². The standard InChI is InChI=1S/C21H21FN2O2S/c1-14-17-13-27-20(23-19(25)15-7-3-2-4-8-15)24-21(17,11-12-26-14)16-9-5-6-10-18(16)22/h2-10,14,17H,11-13H2,1H3,(H,23,24,25)/t14-,17-,21-/m1/s1. The fourth-order valence-electron chi connectivity index (χ4n) is 3.91. The van der Waals surface area contributed by atoms with Gasteiger partial charge in [-0.3, -0.25) is 9.79 Å². The molecule has 0 aromatic heterocycles. The van der Waals surface area contributed by atoms with Crippen molar-refractivity contribution in [2.75, 3.05) is 12.4 Å². The van der Waals surface area contributed by atoms with Gasteiger partial charge in [-0.05, 0) is 25.1 Å². The van der Waals surface area contributed by atoms with Gasteiger partial charge in [-0.2, -0.15) is 0 Å². The predicted molar refractivity (Wildman–Crippen MR) is 105 cm³/mol. The Morgan fingerprint density at radius 2 is 1.96 bits per heavy atom. The van der Waals surface area contributed by atoms with Gasteiger partial charge in [0, 0.05) is 35.8 Å². The minimum absolute atomic E-state index is 0.0269. The summed E-state index contributed by atoms with van der Waals surface area (Å²) in [5.41, 5.74) is 0.438. The van der Waals surface area contributed by atoms with Gasteiger partial charge in [0.2, 0.25) is 0 Å². The van der Waals surface area contributed by atoms with Crippen LogP contribution in [0.25, 0.3) is 0 Å². The lowest BCUT2D eigenvalue weighted by molar-refractivity contribution is -0.0514. The summed E-state index contributed by atoms with van der Waals surface area (Å²) in [6.45, 7) is 2.53. The van der Waals surface area contributed by atoms with Gasteiger partial charge in [-0.15, -0.1) is 0 Å². The van der Waals surface area contributed by atoms with Crippen molar-refractivity contribution in [2.24, 2.45) is 10.9 Å². The molecule has 1 amide bonds. The number of aliphatic imine (C=N–C) groups is 1. The van der Waals surface area contributed by atoms with Crippen LogP contribution in [0.15, 0.2) is 59.6 Å². The molecule has 4 nitrogen and oxygen atoms in total. The van der Waals surface area contributed by atoms with Crippen molar-refractivity contribution in [3.63, 3.8) is 0 Å². The molecule has 2 heterocycles. The van der Waals surface area contributed by atoms with E-state index in [-0.39, 0.29) is 23.7 Å². The number of amidine groups is 1. The van der Waals surface area contributed by atoms with Crippen molar-refractivity contribution in [1.82, 2.24) is 5.32 Å². The summed E-state index contributed by atoms with van der Waals surface area (Å²) in [7, 11) is 0. The Morgan fingerprint density at radius 1 is 1.22 bits per heavy atom. The number of ether oxygens (including phenoxy) is 1. The first-order chi connectivity index (χ1) is 13.1. The number of nitrogens with one attached hydrogen (secondary N) is 1. The number of carbonyl (C=O) groups is 1. The molecular formula is C21H21FN2O2S. The van der Waals surface area contributed by atoms with Crippen LogP contribution in [0.5, 0.6) is 0 Å². The van der Waals surface area contributed by atoms with Crippen molar-refractivity contribution in [2.45, 2.75) is 25.0 Å². The van der Waals surface area contributed by atoms with E-state index in [1.165, 1.54) is 17.8 Å². The first-order valence-corrected chi connectivity index (χ1v) is 10.0. The number of carbonyl (C=O) groups excluding carboxylic acids is 1. The third-order valence-electron chi connectivity index (χ3n) is 5.34. The lowest BCUT2D eigenvalue weighted by Crippen LogP contribution is -2.51. The SMILES string of the molecule is C[C@H]1OCC[C@]2(c3ccccc3F)N=C(NC(=O)c3ccccc3)SC[C@H]12. The quantitative estimate of drug-likeness (QED) is 0.852. The number of hydrogen-bond acceptors (Lipinski definition) is 4. The fourth-order valence-corrected chi connectivity index (χ4v) is 5.19. The molecule has 2 aromatic carbocycles. The van der Waals surface area contributed by atoms with Crippen LogP contribution in [-0.2, 0) is 10.3 Å². The number of rotatable bonds is 2. The Kier molecular flexibility index (Phi) is 5.02. The summed E-state index contributed by atoms with van der Waals surface area (Å²) >= 11 is 1.49. The lowest BCUT2D eigenvalue weighted by Gasteiger charge is -2.47. The van der Waals surface area contributed by atoms with E-state index in [0.29, 0.717) is 35.1 Å². The number of fused-ring (bicyclic) bond motifs is 1. The first-order valence-electron chi connectivity index (χ1n) is 9.06. The summed E-state index contributed by atoms with van der Waals surface area (Å²) in [5, 5.41) is 3.45. The molecule has 3 atom stereocenters. The Balaban J connectivity index is 1.71. The number of thioether (sulfide) groups is 1. The monoisotopic (exact) mass is 384 g/mol. The molecule has 0 saturated carbocycles. The van der Waals surface area contributed by atoms with E-state index in [2.05, 4.69) is 5.32 Å². The molecule has 2 aliphatic heterocycles. The highest BCUT2D eigenvalue weighted by Gasteiger charge is 2.50. The zero-order valence-electron chi connectivity index (χ0n) is 15.0. The molecule has 2 aromatic rings. The Bertz CT molecular complexity index is 873. The molecule has 4 rings (SSSR count). The van der Waals surface area contributed by atoms with Gasteiger partial charge in [0.15, 0.2) is 5.17 Å². The molecule has 0 radical (unpaired) electrons. The molecular weight excluding hydrogens is 363 g/mol. The summed E-state index contributed by atoms with van der Waals surface area (Å²) in [6.07, 6.45) is 0.565. The molecule has 140 valence electrons. The number of hydrogen-bond donors (Lipinski definition) is 1. The number of nitrogens with zero attached hydrogens (tertiary/aromatic N) is 1. The van der Waals surface area contributed by atoms with Crippen molar-refractivity contribution in [3.05, 3.63) is 71.5 Å². The second-order valence-electron chi connectivity index (χ2n) is 6.88. The Hall–Kier alpha value is -2.18. The van der Waals surface area contributed by atoms with Crippen LogP contribution in [-0.4, -0.2) is 29.5 Å². The minimum atomic E-state index is -0.715. The molecule has 0 unspecified atom stereocenters. The molecule has 1 fully saturated rings. The zero-order valence-corrected chi connectivity index (χ0v) is 15.8. The van der Waals surface area contributed by atoms with E-state index >= 15 is 0 Å². The van der Waals surface area contributed by atoms with E-state index in [1.807, 2.05) is 31.2 Å². The predicted octanol–water partition coefficient (Wildman–Crippen LogP) is 3.98. The van der Waals surface area contributed by atoms with Crippen LogP contribution in [0.4, 0.5) is 4.39 Å². The third kappa shape index (κ3) is 3.39. The zero-order chi connectivity index (χ0) is 18.9. The number of amides is 1. The van der Waals surface area contributed by atoms with Crippen LogP contribution < -0.4 is 5.32 Å². The number of halogens is 1. The third-order valence-corrected chi connectivity index (χ3v) is 6.33. The molecule has 27 heavy (non-hydrogen) atoms. The molecule has 6 heteroatoms. The maximum Gasteiger partial charge on any atom is 0.257 e. The van der Waals surface area contributed by atoms with Gasteiger partial charge in [0.1, 0.15) is 5.82 Å². The topological polar surface area (TPSA) is 50.7 Å². The van der Waals surface area contributed by atoms with Crippen molar-refractivity contribution in [1.29, 1.82) is 0 Å². The van der Waals surface area contributed by atoms with Gasteiger partial charge in [0.25, 0.3) is 5.91 Å². The normalized spacial score (nSPS) is 27.4.